The number of halogens is 5. The van der Waals surface area contributed by atoms with Gasteiger partial charge < -0.3 is 20.1 Å². The molecule has 2 N–H and O–H groups in total. The smallest absolute Gasteiger partial charge is 0.347 e. The molecule has 2 aromatic heterocycles. The van der Waals surface area contributed by atoms with Gasteiger partial charge in [-0.3, -0.25) is 9.59 Å². The lowest BCUT2D eigenvalue weighted by Gasteiger charge is -2.26. The van der Waals surface area contributed by atoms with Gasteiger partial charge in [-0.1, -0.05) is 54.4 Å². The summed E-state index contributed by atoms with van der Waals surface area (Å²) in [5, 5.41) is 9.89. The molecule has 41 heavy (non-hydrogen) atoms. The Bertz CT molecular complexity index is 1640. The number of nitrogens with zero attached hydrogens (tertiary/aromatic N) is 3. The third-order valence-corrected chi connectivity index (χ3v) is 7.20. The number of carbonyl (C=O) groups is 2. The van der Waals surface area contributed by atoms with Crippen LogP contribution in [0.4, 0.5) is 18.9 Å². The van der Waals surface area contributed by atoms with Crippen molar-refractivity contribution in [2.24, 2.45) is 0 Å². The molecule has 0 aliphatic carbocycles. The summed E-state index contributed by atoms with van der Waals surface area (Å²) in [6.45, 7) is 2.61. The number of hydrogen-bond donors (Lipinski definition) is 2. The molecule has 2 amide bonds. The zero-order valence-electron chi connectivity index (χ0n) is 21.4. The van der Waals surface area contributed by atoms with Crippen LogP contribution in [0.3, 0.4) is 0 Å². The number of alkyl halides is 3. The molecule has 14 heteroatoms. The first-order chi connectivity index (χ1) is 19.5. The lowest BCUT2D eigenvalue weighted by Crippen LogP contribution is -2.43. The van der Waals surface area contributed by atoms with Gasteiger partial charge in [-0.05, 0) is 23.6 Å². The maximum atomic E-state index is 13.6. The Kier molecular flexibility index (Phi) is 7.93. The summed E-state index contributed by atoms with van der Waals surface area (Å²) < 4.78 is 52.9. The van der Waals surface area contributed by atoms with E-state index in [4.69, 9.17) is 32.7 Å². The molecule has 214 valence electrons. The van der Waals surface area contributed by atoms with Crippen molar-refractivity contribution in [3.8, 4) is 5.82 Å². The number of pyridine rings is 1. The van der Waals surface area contributed by atoms with Crippen molar-refractivity contribution in [1.29, 1.82) is 0 Å². The van der Waals surface area contributed by atoms with Gasteiger partial charge in [0.05, 0.1) is 41.1 Å². The first kappa shape index (κ1) is 28.8. The van der Waals surface area contributed by atoms with Gasteiger partial charge in [0.25, 0.3) is 11.8 Å². The van der Waals surface area contributed by atoms with Gasteiger partial charge in [0.1, 0.15) is 5.69 Å². The van der Waals surface area contributed by atoms with Gasteiger partial charge in [0.2, 0.25) is 0 Å². The Hall–Kier alpha value is -3.71. The topological polar surface area (TPSA) is 107 Å². The Morgan fingerprint density at radius 3 is 2.49 bits per heavy atom. The van der Waals surface area contributed by atoms with E-state index in [1.807, 2.05) is 6.92 Å². The SMILES string of the molecule is CCC1(CNC(=O)c2cc3ccccc3c(Cl)c2NC(=O)c2cc(C(F)(F)F)nn2-c2ncccc2Cl)OCCO1. The summed E-state index contributed by atoms with van der Waals surface area (Å²) in [7, 11) is 0. The number of hydrogen-bond acceptors (Lipinski definition) is 6. The predicted octanol–water partition coefficient (Wildman–Crippen LogP) is 5.88. The van der Waals surface area contributed by atoms with Gasteiger partial charge in [-0.15, -0.1) is 0 Å². The second-order valence-corrected chi connectivity index (χ2v) is 9.85. The third kappa shape index (κ3) is 5.73. The normalized spacial score (nSPS) is 14.8. The molecule has 1 fully saturated rings. The highest BCUT2D eigenvalue weighted by molar-refractivity contribution is 6.40. The van der Waals surface area contributed by atoms with Crippen LogP contribution in [0.1, 0.15) is 39.9 Å². The average molecular weight is 608 g/mol. The molecule has 9 nitrogen and oxygen atoms in total. The van der Waals surface area contributed by atoms with Crippen molar-refractivity contribution in [2.45, 2.75) is 25.3 Å². The number of carbonyl (C=O) groups excluding carboxylic acids is 2. The second kappa shape index (κ2) is 11.3. The minimum absolute atomic E-state index is 0.0122. The molecule has 1 saturated heterocycles. The van der Waals surface area contributed by atoms with Gasteiger partial charge in [0, 0.05) is 24.1 Å². The molecule has 0 atom stereocenters. The van der Waals surface area contributed by atoms with E-state index < -0.39 is 35.2 Å². The van der Waals surface area contributed by atoms with Crippen molar-refractivity contribution in [3.63, 3.8) is 0 Å². The highest BCUT2D eigenvalue weighted by atomic mass is 35.5. The van der Waals surface area contributed by atoms with Crippen LogP contribution in [0.25, 0.3) is 16.6 Å². The lowest BCUT2D eigenvalue weighted by atomic mass is 10.0. The number of nitrogens with one attached hydrogen (secondary N) is 2. The van der Waals surface area contributed by atoms with Crippen molar-refractivity contribution in [2.75, 3.05) is 25.1 Å². The molecule has 0 unspecified atom stereocenters. The fourth-order valence-electron chi connectivity index (χ4n) is 4.40. The summed E-state index contributed by atoms with van der Waals surface area (Å²) in [5.41, 5.74) is -2.01. The summed E-state index contributed by atoms with van der Waals surface area (Å²) >= 11 is 12.8. The van der Waals surface area contributed by atoms with Crippen molar-refractivity contribution >= 4 is 51.5 Å². The Labute approximate surface area is 241 Å². The average Bonchev–Trinajstić information content (AvgIpc) is 3.62. The van der Waals surface area contributed by atoms with Crippen LogP contribution in [0.15, 0.2) is 54.7 Å². The molecule has 0 radical (unpaired) electrons. The third-order valence-electron chi connectivity index (χ3n) is 6.51. The minimum Gasteiger partial charge on any atom is -0.347 e. The van der Waals surface area contributed by atoms with Crippen LogP contribution in [0, 0.1) is 0 Å². The van der Waals surface area contributed by atoms with Gasteiger partial charge in [-0.2, -0.15) is 18.3 Å². The number of ether oxygens (including phenoxy) is 2. The molecular formula is C27H22Cl2F3N5O4. The lowest BCUT2D eigenvalue weighted by molar-refractivity contribution is -0.153. The first-order valence-electron chi connectivity index (χ1n) is 12.4. The fraction of sp³-hybridized carbons (Fsp3) is 0.259. The van der Waals surface area contributed by atoms with Gasteiger partial charge in [-0.25, -0.2) is 9.67 Å². The number of fused-ring (bicyclic) bond motifs is 1. The van der Waals surface area contributed by atoms with Crippen LogP contribution >= 0.6 is 23.2 Å². The molecular weight excluding hydrogens is 586 g/mol. The Morgan fingerprint density at radius 2 is 1.80 bits per heavy atom. The number of amides is 2. The van der Waals surface area contributed by atoms with Crippen molar-refractivity contribution in [3.05, 3.63) is 81.7 Å². The zero-order valence-corrected chi connectivity index (χ0v) is 22.9. The zero-order chi connectivity index (χ0) is 29.4. The number of aromatic nitrogens is 3. The molecule has 0 saturated carbocycles. The van der Waals surface area contributed by atoms with E-state index in [0.717, 1.165) is 0 Å². The second-order valence-electron chi connectivity index (χ2n) is 9.07. The summed E-state index contributed by atoms with van der Waals surface area (Å²) in [5.74, 6) is -2.84. The van der Waals surface area contributed by atoms with E-state index >= 15 is 0 Å². The number of rotatable bonds is 7. The predicted molar refractivity (Wildman–Crippen MR) is 146 cm³/mol. The quantitative estimate of drug-likeness (QED) is 0.272. The highest BCUT2D eigenvalue weighted by Crippen LogP contribution is 2.36. The monoisotopic (exact) mass is 607 g/mol. The Morgan fingerprint density at radius 1 is 1.07 bits per heavy atom. The number of benzene rings is 2. The number of anilines is 1. The molecule has 3 heterocycles. The van der Waals surface area contributed by atoms with E-state index in [9.17, 15) is 22.8 Å². The summed E-state index contributed by atoms with van der Waals surface area (Å²) in [4.78, 5) is 31.0. The van der Waals surface area contributed by atoms with E-state index in [-0.39, 0.29) is 33.7 Å². The minimum atomic E-state index is -4.87. The largest absolute Gasteiger partial charge is 0.435 e. The van der Waals surface area contributed by atoms with E-state index in [0.29, 0.717) is 41.2 Å². The van der Waals surface area contributed by atoms with Gasteiger partial charge >= 0.3 is 6.18 Å². The van der Waals surface area contributed by atoms with Crippen LogP contribution in [-0.4, -0.2) is 52.1 Å². The fourth-order valence-corrected chi connectivity index (χ4v) is 4.92. The first-order valence-corrected chi connectivity index (χ1v) is 13.2. The Balaban J connectivity index is 1.56. The van der Waals surface area contributed by atoms with Gasteiger partial charge in [0.15, 0.2) is 17.3 Å². The molecule has 5 rings (SSSR count). The molecule has 2 aromatic carbocycles. The summed E-state index contributed by atoms with van der Waals surface area (Å²) in [6, 6.07) is 11.8. The molecule has 1 aliphatic heterocycles. The standard InChI is InChI=1S/C27H22Cl2F3N5O4/c1-2-26(40-10-11-41-26)14-34-24(38)17-12-15-6-3-4-7-16(15)21(29)22(17)35-25(39)19-13-20(27(30,31)32)36-37(19)23-18(28)8-5-9-33-23/h3-9,12-13H,2,10-11,14H2,1H3,(H,34,38)(H,35,39). The van der Waals surface area contributed by atoms with Crippen molar-refractivity contribution in [1.82, 2.24) is 20.1 Å². The van der Waals surface area contributed by atoms with Crippen LogP contribution < -0.4 is 10.6 Å². The van der Waals surface area contributed by atoms with Crippen LogP contribution in [0.2, 0.25) is 10.0 Å². The van der Waals surface area contributed by atoms with E-state index in [2.05, 4.69) is 20.7 Å². The maximum Gasteiger partial charge on any atom is 0.435 e. The van der Waals surface area contributed by atoms with E-state index in [1.54, 1.807) is 24.3 Å². The highest BCUT2D eigenvalue weighted by Gasteiger charge is 2.38. The van der Waals surface area contributed by atoms with Crippen LogP contribution in [0.5, 0.6) is 0 Å². The molecule has 0 spiro atoms. The maximum absolute atomic E-state index is 13.6. The van der Waals surface area contributed by atoms with Crippen LogP contribution in [-0.2, 0) is 15.7 Å². The molecule has 4 aromatic rings. The van der Waals surface area contributed by atoms with E-state index in [1.165, 1.54) is 24.4 Å². The summed E-state index contributed by atoms with van der Waals surface area (Å²) in [6.07, 6.45) is -3.11. The van der Waals surface area contributed by atoms with Crippen molar-refractivity contribution < 1.29 is 32.2 Å². The molecule has 0 bridgehead atoms. The molecule has 1 aliphatic rings.